The van der Waals surface area contributed by atoms with E-state index in [4.69, 9.17) is 0 Å². The number of nitrogens with one attached hydrogen (secondary N) is 2. The Kier molecular flexibility index (Phi) is 4.36. The third kappa shape index (κ3) is 3.17. The number of carbonyl (C=O) groups is 1. The Balaban J connectivity index is 1.59. The van der Waals surface area contributed by atoms with Crippen molar-refractivity contribution in [2.24, 2.45) is 0 Å². The second kappa shape index (κ2) is 6.58. The number of H-pyrrole nitrogens is 1. The minimum absolute atomic E-state index is 0.00253. The van der Waals surface area contributed by atoms with Gasteiger partial charge in [-0.05, 0) is 30.9 Å². The van der Waals surface area contributed by atoms with Crippen molar-refractivity contribution in [2.45, 2.75) is 56.5 Å². The molecule has 2 aromatic heterocycles. The van der Waals surface area contributed by atoms with Crippen molar-refractivity contribution in [3.63, 3.8) is 0 Å². The first kappa shape index (κ1) is 17.9. The number of rotatable bonds is 5. The first-order chi connectivity index (χ1) is 12.9. The fraction of sp³-hybridized carbons (Fsp3) is 0.526. The van der Waals surface area contributed by atoms with Crippen LogP contribution in [0.25, 0.3) is 11.0 Å². The molecular weight excluding hydrogens is 352 g/mol. The van der Waals surface area contributed by atoms with Crippen LogP contribution in [0, 0.1) is 0 Å². The minimum Gasteiger partial charge on any atom is -0.365 e. The van der Waals surface area contributed by atoms with Crippen LogP contribution in [0.3, 0.4) is 0 Å². The lowest BCUT2D eigenvalue weighted by atomic mass is 9.96. The summed E-state index contributed by atoms with van der Waals surface area (Å²) in [6.07, 6.45) is 6.87. The molecule has 2 aliphatic rings. The Labute approximate surface area is 156 Å². The fourth-order valence-electron chi connectivity index (χ4n) is 4.07. The van der Waals surface area contributed by atoms with E-state index in [0.29, 0.717) is 29.0 Å². The van der Waals surface area contributed by atoms with Crippen molar-refractivity contribution in [3.05, 3.63) is 30.7 Å². The maximum absolute atomic E-state index is 13.6. The van der Waals surface area contributed by atoms with E-state index in [2.05, 4.69) is 33.8 Å². The Morgan fingerprint density at radius 2 is 2.26 bits per heavy atom. The molecule has 0 bridgehead atoms. The van der Waals surface area contributed by atoms with E-state index in [-0.39, 0.29) is 24.4 Å². The van der Waals surface area contributed by atoms with E-state index in [1.165, 1.54) is 12.4 Å². The van der Waals surface area contributed by atoms with Crippen LogP contribution in [0.4, 0.5) is 14.6 Å². The molecule has 1 aliphatic carbocycles. The van der Waals surface area contributed by atoms with Crippen molar-refractivity contribution in [2.75, 3.05) is 11.9 Å². The predicted octanol–water partition coefficient (Wildman–Crippen LogP) is 3.45. The van der Waals surface area contributed by atoms with E-state index in [0.717, 1.165) is 19.3 Å². The number of fused-ring (bicyclic) bond motifs is 1. The maximum atomic E-state index is 13.6. The van der Waals surface area contributed by atoms with Crippen LogP contribution in [0.5, 0.6) is 0 Å². The second-order valence-corrected chi connectivity index (χ2v) is 7.38. The highest BCUT2D eigenvalue weighted by molar-refractivity contribution is 5.91. The molecule has 8 heteroatoms. The Hall–Kier alpha value is -2.51. The molecule has 0 radical (unpaired) electrons. The molecule has 1 saturated carbocycles. The number of anilines is 1. The Bertz CT molecular complexity index is 880. The molecule has 2 N–H and O–H groups in total. The van der Waals surface area contributed by atoms with Gasteiger partial charge in [0.2, 0.25) is 5.91 Å². The fourth-order valence-corrected chi connectivity index (χ4v) is 4.07. The van der Waals surface area contributed by atoms with Crippen LogP contribution in [-0.2, 0) is 4.79 Å². The van der Waals surface area contributed by atoms with Gasteiger partial charge in [0.25, 0.3) is 5.92 Å². The highest BCUT2D eigenvalue weighted by atomic mass is 19.3. The lowest BCUT2D eigenvalue weighted by Crippen LogP contribution is -2.50. The molecule has 2 aromatic rings. The number of piperidine rings is 1. The first-order valence-corrected chi connectivity index (χ1v) is 9.34. The number of halogens is 2. The Morgan fingerprint density at radius 1 is 1.48 bits per heavy atom. The van der Waals surface area contributed by atoms with Gasteiger partial charge in [0, 0.05) is 31.2 Å². The molecule has 0 unspecified atom stereocenters. The molecule has 3 atom stereocenters. The zero-order valence-corrected chi connectivity index (χ0v) is 15.2. The van der Waals surface area contributed by atoms with Gasteiger partial charge in [-0.15, -0.1) is 0 Å². The molecule has 1 aliphatic heterocycles. The largest absolute Gasteiger partial charge is 0.365 e. The smallest absolute Gasteiger partial charge is 0.256 e. The van der Waals surface area contributed by atoms with Gasteiger partial charge in [0.1, 0.15) is 17.8 Å². The summed E-state index contributed by atoms with van der Waals surface area (Å²) >= 11 is 0. The minimum atomic E-state index is -2.66. The lowest BCUT2D eigenvalue weighted by molar-refractivity contribution is -0.129. The molecule has 1 amide bonds. The molecule has 3 heterocycles. The van der Waals surface area contributed by atoms with Crippen LogP contribution in [-0.4, -0.2) is 50.3 Å². The highest BCUT2D eigenvalue weighted by Gasteiger charge is 2.58. The number of aromatic amines is 1. The molecule has 1 saturated heterocycles. The van der Waals surface area contributed by atoms with Crippen LogP contribution in [0.1, 0.15) is 44.1 Å². The lowest BCUT2D eigenvalue weighted by Gasteiger charge is -2.39. The van der Waals surface area contributed by atoms with E-state index in [1.807, 2.05) is 4.90 Å². The monoisotopic (exact) mass is 375 g/mol. The zero-order chi connectivity index (χ0) is 19.2. The maximum Gasteiger partial charge on any atom is 0.256 e. The van der Waals surface area contributed by atoms with Crippen LogP contribution >= 0.6 is 0 Å². The second-order valence-electron chi connectivity index (χ2n) is 7.38. The molecule has 6 nitrogen and oxygen atoms in total. The molecule has 2 fully saturated rings. The molecule has 4 rings (SSSR count). The number of hydrogen-bond acceptors (Lipinski definition) is 4. The average Bonchev–Trinajstić information content (AvgIpc) is 3.10. The number of aromatic nitrogens is 3. The van der Waals surface area contributed by atoms with E-state index in [1.54, 1.807) is 6.20 Å². The molecule has 144 valence electrons. The first-order valence-electron chi connectivity index (χ1n) is 9.34. The Morgan fingerprint density at radius 3 is 2.93 bits per heavy atom. The number of hydrogen-bond donors (Lipinski definition) is 2. The van der Waals surface area contributed by atoms with E-state index >= 15 is 0 Å². The number of nitrogens with zero attached hydrogens (tertiary/aromatic N) is 3. The van der Waals surface area contributed by atoms with Gasteiger partial charge in [0.05, 0.1) is 11.3 Å². The van der Waals surface area contributed by atoms with Crippen molar-refractivity contribution >= 4 is 22.8 Å². The summed E-state index contributed by atoms with van der Waals surface area (Å²) < 4.78 is 27.2. The van der Waals surface area contributed by atoms with Crippen LogP contribution < -0.4 is 5.32 Å². The normalized spacial score (nSPS) is 26.8. The van der Waals surface area contributed by atoms with Crippen molar-refractivity contribution in [1.29, 1.82) is 0 Å². The van der Waals surface area contributed by atoms with Gasteiger partial charge in [-0.25, -0.2) is 18.7 Å². The summed E-state index contributed by atoms with van der Waals surface area (Å²) in [5.41, 5.74) is 1.10. The van der Waals surface area contributed by atoms with Gasteiger partial charge in [-0.3, -0.25) is 4.79 Å². The summed E-state index contributed by atoms with van der Waals surface area (Å²) in [7, 11) is 0. The van der Waals surface area contributed by atoms with E-state index < -0.39 is 11.8 Å². The summed E-state index contributed by atoms with van der Waals surface area (Å²) in [5, 5.41) is 3.99. The third-order valence-corrected chi connectivity index (χ3v) is 5.68. The van der Waals surface area contributed by atoms with Gasteiger partial charge in [0.15, 0.2) is 0 Å². The molecule has 0 spiro atoms. The van der Waals surface area contributed by atoms with Crippen molar-refractivity contribution in [3.8, 4) is 0 Å². The third-order valence-electron chi connectivity index (χ3n) is 5.68. The summed E-state index contributed by atoms with van der Waals surface area (Å²) in [5.74, 6) is -2.98. The number of carbonyl (C=O) groups excluding carboxylic acids is 1. The quantitative estimate of drug-likeness (QED) is 0.785. The highest BCUT2D eigenvalue weighted by Crippen LogP contribution is 2.57. The van der Waals surface area contributed by atoms with Gasteiger partial charge in [-0.2, -0.15) is 0 Å². The summed E-state index contributed by atoms with van der Waals surface area (Å²) in [6.45, 7) is 6.19. The van der Waals surface area contributed by atoms with Crippen molar-refractivity contribution in [1.82, 2.24) is 19.9 Å². The zero-order valence-electron chi connectivity index (χ0n) is 15.2. The van der Waals surface area contributed by atoms with Gasteiger partial charge in [-0.1, -0.05) is 13.5 Å². The van der Waals surface area contributed by atoms with E-state index in [9.17, 15) is 13.6 Å². The number of amides is 1. The summed E-state index contributed by atoms with van der Waals surface area (Å²) in [4.78, 5) is 25.5. The van der Waals surface area contributed by atoms with Crippen molar-refractivity contribution < 1.29 is 13.6 Å². The van der Waals surface area contributed by atoms with Gasteiger partial charge >= 0.3 is 0 Å². The molecule has 0 aromatic carbocycles. The number of likely N-dealkylation sites (tertiary alicyclic amines) is 1. The standard InChI is InChI=1S/C19H23F2N5O/c1-3-12-6-5-11(9-26(12)15(27)4-2)25-18-16-13(14-7-19(14,20)21)8-22-17(16)23-10-24-18/h4,8,10-12,14H,2-3,5-7,9H2,1H3,(H2,22,23,24,25)/t11-,12+,14-/m1/s1. The van der Waals surface area contributed by atoms with Gasteiger partial charge < -0.3 is 15.2 Å². The SMILES string of the molecule is C=CC(=O)N1C[C@H](Nc2ncnc3[nH]cc([C@H]4CC4(F)F)c23)CC[C@@H]1CC. The van der Waals surface area contributed by atoms with Crippen LogP contribution in [0.2, 0.25) is 0 Å². The molecular formula is C19H23F2N5O. The summed E-state index contributed by atoms with van der Waals surface area (Å²) in [6, 6.07) is 0.198. The number of alkyl halides is 2. The average molecular weight is 375 g/mol. The predicted molar refractivity (Wildman–Crippen MR) is 98.8 cm³/mol. The topological polar surface area (TPSA) is 73.9 Å². The van der Waals surface area contributed by atoms with Crippen LogP contribution in [0.15, 0.2) is 25.2 Å². The molecule has 27 heavy (non-hydrogen) atoms.